The van der Waals surface area contributed by atoms with Crippen LogP contribution in [0.3, 0.4) is 0 Å². The summed E-state index contributed by atoms with van der Waals surface area (Å²) in [6.07, 6.45) is 1.37. The van der Waals surface area contributed by atoms with Gasteiger partial charge in [-0.3, -0.25) is 4.72 Å². The molecule has 0 amide bonds. The minimum absolute atomic E-state index is 0.0775. The maximum absolute atomic E-state index is 13.6. The summed E-state index contributed by atoms with van der Waals surface area (Å²) in [7, 11) is -3.95. The normalized spacial score (nSPS) is 10.8. The number of carbonyl (C=O) groups is 1. The molecule has 0 bridgehead atoms. The second kappa shape index (κ2) is 9.84. The van der Waals surface area contributed by atoms with Crippen LogP contribution in [0.4, 0.5) is 5.69 Å². The van der Waals surface area contributed by atoms with Crippen LogP contribution in [-0.2, 0) is 10.0 Å². The van der Waals surface area contributed by atoms with E-state index in [2.05, 4.69) is 21.5 Å². The zero-order chi connectivity index (χ0) is 25.0. The number of hydrogen-bond donors (Lipinski definition) is 2. The van der Waals surface area contributed by atoms with Crippen LogP contribution in [-0.4, -0.2) is 24.5 Å². The van der Waals surface area contributed by atoms with Gasteiger partial charge < -0.3 is 5.11 Å². The van der Waals surface area contributed by atoms with Crippen LogP contribution in [0.15, 0.2) is 90.0 Å². The lowest BCUT2D eigenvalue weighted by atomic mass is 9.97. The molecule has 0 radical (unpaired) electrons. The first-order valence-electron chi connectivity index (χ1n) is 10.7. The van der Waals surface area contributed by atoms with Gasteiger partial charge in [0.15, 0.2) is 0 Å². The molecule has 0 unspecified atom stereocenters. The maximum Gasteiger partial charge on any atom is 0.354 e. The lowest BCUT2D eigenvalue weighted by Crippen LogP contribution is -2.15. The minimum atomic E-state index is -3.95. The highest BCUT2D eigenvalue weighted by Gasteiger charge is 2.22. The van der Waals surface area contributed by atoms with Gasteiger partial charge in [-0.25, -0.2) is 18.2 Å². The van der Waals surface area contributed by atoms with Crippen LogP contribution in [0.5, 0.6) is 0 Å². The van der Waals surface area contributed by atoms with Crippen molar-refractivity contribution in [3.63, 3.8) is 0 Å². The molecular formula is C28H22N2O4S. The first-order valence-corrected chi connectivity index (χ1v) is 12.2. The number of sulfonamides is 1. The highest BCUT2D eigenvalue weighted by molar-refractivity contribution is 7.92. The largest absolute Gasteiger partial charge is 0.477 e. The number of nitrogens with one attached hydrogen (secondary N) is 1. The van der Waals surface area contributed by atoms with Gasteiger partial charge in [0.25, 0.3) is 10.0 Å². The van der Waals surface area contributed by atoms with Crippen LogP contribution in [0.2, 0.25) is 0 Å². The number of rotatable bonds is 5. The quantitative estimate of drug-likeness (QED) is 0.378. The Bertz CT molecular complexity index is 1580. The molecule has 6 nitrogen and oxygen atoms in total. The first-order chi connectivity index (χ1) is 16.8. The van der Waals surface area contributed by atoms with Crippen molar-refractivity contribution >= 4 is 21.7 Å². The topological polar surface area (TPSA) is 96.4 Å². The molecule has 35 heavy (non-hydrogen) atoms. The number of benzene rings is 3. The molecular weight excluding hydrogens is 460 g/mol. The summed E-state index contributed by atoms with van der Waals surface area (Å²) in [5.74, 6) is 4.74. The number of anilines is 1. The molecule has 0 spiro atoms. The van der Waals surface area contributed by atoms with Crippen molar-refractivity contribution in [1.82, 2.24) is 4.98 Å². The van der Waals surface area contributed by atoms with E-state index < -0.39 is 16.0 Å². The molecule has 0 saturated carbocycles. The molecule has 4 aromatic rings. The van der Waals surface area contributed by atoms with Gasteiger partial charge in [0.05, 0.1) is 10.6 Å². The molecule has 7 heteroatoms. The number of hydrogen-bond acceptors (Lipinski definition) is 4. The molecule has 2 N–H and O–H groups in total. The second-order valence-corrected chi connectivity index (χ2v) is 9.55. The van der Waals surface area contributed by atoms with Crippen molar-refractivity contribution in [2.75, 3.05) is 4.72 Å². The van der Waals surface area contributed by atoms with E-state index in [0.717, 1.165) is 16.7 Å². The number of nitrogens with zero attached hydrogens (tertiary/aromatic N) is 1. The van der Waals surface area contributed by atoms with Gasteiger partial charge in [-0.2, -0.15) is 0 Å². The number of pyridine rings is 1. The van der Waals surface area contributed by atoms with Crippen molar-refractivity contribution < 1.29 is 18.3 Å². The molecule has 4 rings (SSSR count). The fourth-order valence-corrected chi connectivity index (χ4v) is 5.05. The van der Waals surface area contributed by atoms with E-state index in [0.29, 0.717) is 22.4 Å². The average molecular weight is 483 g/mol. The highest BCUT2D eigenvalue weighted by atomic mass is 32.2. The molecule has 0 aliphatic rings. The molecule has 0 atom stereocenters. The smallest absolute Gasteiger partial charge is 0.354 e. The van der Waals surface area contributed by atoms with Crippen LogP contribution in [0.1, 0.15) is 32.7 Å². The molecule has 1 aromatic heterocycles. The second-order valence-electron chi connectivity index (χ2n) is 7.90. The average Bonchev–Trinajstić information content (AvgIpc) is 2.84. The number of carboxylic acid groups (broad SMARTS) is 1. The summed E-state index contributed by atoms with van der Waals surface area (Å²) in [6, 6.07) is 22.7. The Morgan fingerprint density at radius 1 is 0.857 bits per heavy atom. The van der Waals surface area contributed by atoms with E-state index in [1.807, 2.05) is 44.2 Å². The first kappa shape index (κ1) is 23.7. The Morgan fingerprint density at radius 3 is 2.29 bits per heavy atom. The third kappa shape index (κ3) is 5.24. The van der Waals surface area contributed by atoms with Gasteiger partial charge in [0, 0.05) is 22.9 Å². The van der Waals surface area contributed by atoms with Crippen LogP contribution in [0, 0.1) is 25.7 Å². The number of carboxylic acids is 1. The van der Waals surface area contributed by atoms with Crippen LogP contribution in [0.25, 0.3) is 11.1 Å². The molecule has 0 saturated heterocycles. The zero-order valence-corrected chi connectivity index (χ0v) is 19.9. The fourth-order valence-electron chi connectivity index (χ4n) is 3.68. The van der Waals surface area contributed by atoms with Crippen molar-refractivity contribution in [1.29, 1.82) is 0 Å². The summed E-state index contributed by atoms with van der Waals surface area (Å²) in [6.45, 7) is 3.85. The Balaban J connectivity index is 1.71. The summed E-state index contributed by atoms with van der Waals surface area (Å²) in [4.78, 5) is 15.0. The summed E-state index contributed by atoms with van der Waals surface area (Å²) >= 11 is 0. The molecule has 174 valence electrons. The zero-order valence-electron chi connectivity index (χ0n) is 19.1. The van der Waals surface area contributed by atoms with Gasteiger partial charge in [-0.15, -0.1) is 0 Å². The lowest BCUT2D eigenvalue weighted by Gasteiger charge is -2.17. The van der Waals surface area contributed by atoms with Crippen molar-refractivity contribution in [2.24, 2.45) is 0 Å². The summed E-state index contributed by atoms with van der Waals surface area (Å²) in [5, 5.41) is 8.98. The summed E-state index contributed by atoms with van der Waals surface area (Å²) < 4.78 is 29.8. The van der Waals surface area contributed by atoms with E-state index in [1.165, 1.54) is 12.3 Å². The predicted octanol–water partition coefficient (Wildman–Crippen LogP) is 5.26. The molecule has 0 aliphatic carbocycles. The highest BCUT2D eigenvalue weighted by Crippen LogP contribution is 2.34. The fraction of sp³-hybridized carbons (Fsp3) is 0.0714. The Labute approximate surface area is 204 Å². The number of aromatic carboxylic acids is 1. The molecule has 3 aromatic carbocycles. The maximum atomic E-state index is 13.6. The van der Waals surface area contributed by atoms with E-state index in [1.54, 1.807) is 42.5 Å². The third-order valence-corrected chi connectivity index (χ3v) is 6.84. The van der Waals surface area contributed by atoms with E-state index in [9.17, 15) is 13.2 Å². The lowest BCUT2D eigenvalue weighted by molar-refractivity contribution is 0.0690. The van der Waals surface area contributed by atoms with Gasteiger partial charge in [0.2, 0.25) is 0 Å². The molecule has 0 fully saturated rings. The summed E-state index contributed by atoms with van der Waals surface area (Å²) in [5.41, 5.74) is 4.59. The van der Waals surface area contributed by atoms with Crippen LogP contribution < -0.4 is 4.72 Å². The van der Waals surface area contributed by atoms with Crippen molar-refractivity contribution in [2.45, 2.75) is 18.7 Å². The monoisotopic (exact) mass is 482 g/mol. The van der Waals surface area contributed by atoms with Crippen LogP contribution >= 0.6 is 0 Å². The Kier molecular flexibility index (Phi) is 6.67. The van der Waals surface area contributed by atoms with Gasteiger partial charge in [-0.05, 0) is 60.9 Å². The van der Waals surface area contributed by atoms with E-state index in [-0.39, 0.29) is 10.6 Å². The standard InChI is InChI=1S/C28H22N2O4S/c1-19-8-3-5-11-23(19)27-20(2)9-7-13-26(27)35(33,34)30-24-12-6-4-10-22(24)16-14-21-15-17-25(28(31)32)29-18-21/h3-13,15,17-18,30H,1-2H3,(H,31,32). The predicted molar refractivity (Wildman–Crippen MR) is 136 cm³/mol. The third-order valence-electron chi connectivity index (χ3n) is 5.43. The van der Waals surface area contributed by atoms with Gasteiger partial charge in [0.1, 0.15) is 5.69 Å². The number of para-hydroxylation sites is 1. The Morgan fingerprint density at radius 2 is 1.57 bits per heavy atom. The molecule has 0 aliphatic heterocycles. The van der Waals surface area contributed by atoms with Crippen molar-refractivity contribution in [3.05, 3.63) is 113 Å². The van der Waals surface area contributed by atoms with Gasteiger partial charge >= 0.3 is 5.97 Å². The number of aromatic nitrogens is 1. The van der Waals surface area contributed by atoms with E-state index >= 15 is 0 Å². The SMILES string of the molecule is Cc1ccccc1-c1c(C)cccc1S(=O)(=O)Nc1ccccc1C#Cc1ccc(C(=O)O)nc1. The van der Waals surface area contributed by atoms with Gasteiger partial charge in [-0.1, -0.05) is 60.4 Å². The minimum Gasteiger partial charge on any atom is -0.477 e. The van der Waals surface area contributed by atoms with E-state index in [4.69, 9.17) is 5.11 Å². The van der Waals surface area contributed by atoms with Crippen molar-refractivity contribution in [3.8, 4) is 23.0 Å². The Hall–Kier alpha value is -4.41. The number of aryl methyl sites for hydroxylation is 2. The molecule has 1 heterocycles.